The minimum Gasteiger partial charge on any atom is -0.457 e. The molecule has 9 nitrogen and oxygen atoms in total. The third kappa shape index (κ3) is 5.64. The van der Waals surface area contributed by atoms with Gasteiger partial charge in [0.25, 0.3) is 11.5 Å². The number of hydrogen-bond donors (Lipinski definition) is 4. The number of aromatic nitrogens is 2. The number of aromatic amines is 1. The van der Waals surface area contributed by atoms with E-state index < -0.39 is 5.91 Å². The first-order valence-corrected chi connectivity index (χ1v) is 11.7. The lowest BCUT2D eigenvalue weighted by atomic mass is 10.0. The molecule has 0 saturated heterocycles. The minimum atomic E-state index is -0.426. The maximum absolute atomic E-state index is 12.9. The van der Waals surface area contributed by atoms with Crippen molar-refractivity contribution in [2.45, 2.75) is 25.7 Å². The van der Waals surface area contributed by atoms with E-state index in [0.29, 0.717) is 41.8 Å². The molecule has 36 heavy (non-hydrogen) atoms. The molecule has 2 amide bonds. The van der Waals surface area contributed by atoms with Crippen LogP contribution in [0.1, 0.15) is 36.2 Å². The number of aryl methyl sites for hydroxylation is 1. The second-order valence-electron chi connectivity index (χ2n) is 8.44. The summed E-state index contributed by atoms with van der Waals surface area (Å²) >= 11 is 0. The van der Waals surface area contributed by atoms with Gasteiger partial charge in [-0.2, -0.15) is 0 Å². The number of pyridine rings is 1. The van der Waals surface area contributed by atoms with Gasteiger partial charge in [-0.25, -0.2) is 5.48 Å². The molecule has 2 heterocycles. The van der Waals surface area contributed by atoms with Gasteiger partial charge < -0.3 is 19.6 Å². The zero-order chi connectivity index (χ0) is 25.5. The van der Waals surface area contributed by atoms with E-state index in [1.807, 2.05) is 54.6 Å². The number of para-hydroxylation sites is 2. The van der Waals surface area contributed by atoms with Crippen LogP contribution in [-0.4, -0.2) is 33.1 Å². The Morgan fingerprint density at radius 1 is 1.00 bits per heavy atom. The second kappa shape index (κ2) is 11.4. The van der Waals surface area contributed by atoms with Crippen molar-refractivity contribution in [3.63, 3.8) is 0 Å². The lowest BCUT2D eigenvalue weighted by Crippen LogP contribution is -2.25. The number of carbonyl (C=O) groups is 2. The molecule has 0 fully saturated rings. The van der Waals surface area contributed by atoms with E-state index in [4.69, 9.17) is 9.94 Å². The van der Waals surface area contributed by atoms with Gasteiger partial charge in [0.2, 0.25) is 5.91 Å². The van der Waals surface area contributed by atoms with Crippen molar-refractivity contribution in [2.24, 2.45) is 7.05 Å². The zero-order valence-electron chi connectivity index (χ0n) is 19.9. The topological polar surface area (TPSA) is 125 Å². The first kappa shape index (κ1) is 24.7. The SMILES string of the molecule is Cn1cc(-c2ccccc2Oc2ccccc2)c2cc(C(=O)NCCCCCC(=O)NO)[nH]c2c1=O. The molecule has 186 valence electrons. The van der Waals surface area contributed by atoms with Crippen molar-refractivity contribution in [1.82, 2.24) is 20.3 Å². The highest BCUT2D eigenvalue weighted by atomic mass is 16.5. The molecule has 4 N–H and O–H groups in total. The highest BCUT2D eigenvalue weighted by Crippen LogP contribution is 2.36. The Kier molecular flexibility index (Phi) is 7.82. The summed E-state index contributed by atoms with van der Waals surface area (Å²) in [5.41, 5.74) is 3.54. The predicted molar refractivity (Wildman–Crippen MR) is 136 cm³/mol. The average Bonchev–Trinajstić information content (AvgIpc) is 3.35. The standard InChI is InChI=1S/C27H28N4O5/c1-31-17-21(19-12-7-8-13-23(19)36-18-10-4-2-5-11-18)20-16-22(29-25(20)27(31)34)26(33)28-15-9-3-6-14-24(32)30-35/h2,4-5,7-8,10-13,16-17,29,35H,3,6,9,14-15H2,1H3,(H,28,33)(H,30,32). The van der Waals surface area contributed by atoms with Crippen LogP contribution in [-0.2, 0) is 11.8 Å². The van der Waals surface area contributed by atoms with E-state index in [-0.39, 0.29) is 23.6 Å². The van der Waals surface area contributed by atoms with Crippen LogP contribution in [0.5, 0.6) is 11.5 Å². The Labute approximate surface area is 207 Å². The first-order chi connectivity index (χ1) is 17.5. The number of unbranched alkanes of at least 4 members (excludes halogenated alkanes) is 2. The summed E-state index contributed by atoms with van der Waals surface area (Å²) in [6.45, 7) is 0.424. The van der Waals surface area contributed by atoms with E-state index in [9.17, 15) is 14.4 Å². The van der Waals surface area contributed by atoms with Gasteiger partial charge in [0.1, 0.15) is 22.7 Å². The van der Waals surface area contributed by atoms with E-state index >= 15 is 0 Å². The molecule has 0 bridgehead atoms. The normalized spacial score (nSPS) is 10.8. The summed E-state index contributed by atoms with van der Waals surface area (Å²) in [6.07, 6.45) is 3.99. The van der Waals surface area contributed by atoms with Crippen LogP contribution in [0.4, 0.5) is 0 Å². The largest absolute Gasteiger partial charge is 0.457 e. The van der Waals surface area contributed by atoms with E-state index in [2.05, 4.69) is 10.3 Å². The number of nitrogens with one attached hydrogen (secondary N) is 3. The fourth-order valence-electron chi connectivity index (χ4n) is 4.00. The third-order valence-corrected chi connectivity index (χ3v) is 5.85. The van der Waals surface area contributed by atoms with Crippen LogP contribution in [0.2, 0.25) is 0 Å². The number of hydroxylamine groups is 1. The fourth-order valence-corrected chi connectivity index (χ4v) is 4.00. The number of H-pyrrole nitrogens is 1. The number of benzene rings is 2. The van der Waals surface area contributed by atoms with Crippen LogP contribution < -0.4 is 21.1 Å². The van der Waals surface area contributed by atoms with Crippen molar-refractivity contribution in [1.29, 1.82) is 0 Å². The van der Waals surface area contributed by atoms with Gasteiger partial charge in [-0.05, 0) is 37.1 Å². The molecule has 0 spiro atoms. The molecular formula is C27H28N4O5. The van der Waals surface area contributed by atoms with Crippen molar-refractivity contribution in [2.75, 3.05) is 6.54 Å². The van der Waals surface area contributed by atoms with Gasteiger partial charge in [-0.1, -0.05) is 42.8 Å². The Morgan fingerprint density at radius 2 is 1.75 bits per heavy atom. The number of carbonyl (C=O) groups excluding carboxylic acids is 2. The molecule has 0 aliphatic carbocycles. The van der Waals surface area contributed by atoms with Crippen molar-refractivity contribution in [3.8, 4) is 22.6 Å². The molecule has 0 radical (unpaired) electrons. The first-order valence-electron chi connectivity index (χ1n) is 11.7. The highest BCUT2D eigenvalue weighted by molar-refractivity contribution is 6.03. The maximum atomic E-state index is 12.9. The molecule has 4 aromatic rings. The van der Waals surface area contributed by atoms with Crippen LogP contribution in [0.15, 0.2) is 71.7 Å². The molecule has 4 rings (SSSR count). The fraction of sp³-hybridized carbons (Fsp3) is 0.222. The Hall–Kier alpha value is -4.37. The molecule has 0 aliphatic heterocycles. The highest BCUT2D eigenvalue weighted by Gasteiger charge is 2.18. The third-order valence-electron chi connectivity index (χ3n) is 5.85. The Morgan fingerprint density at radius 3 is 2.53 bits per heavy atom. The smallest absolute Gasteiger partial charge is 0.274 e. The van der Waals surface area contributed by atoms with Crippen molar-refractivity contribution < 1.29 is 19.5 Å². The van der Waals surface area contributed by atoms with E-state index in [0.717, 1.165) is 17.5 Å². The van der Waals surface area contributed by atoms with Crippen LogP contribution in [0.3, 0.4) is 0 Å². The molecule has 0 saturated carbocycles. The van der Waals surface area contributed by atoms with Gasteiger partial charge in [0.05, 0.1) is 0 Å². The number of fused-ring (bicyclic) bond motifs is 1. The quantitative estimate of drug-likeness (QED) is 0.152. The molecule has 9 heteroatoms. The lowest BCUT2D eigenvalue weighted by Gasteiger charge is -2.13. The van der Waals surface area contributed by atoms with Gasteiger partial charge in [0.15, 0.2) is 0 Å². The predicted octanol–water partition coefficient (Wildman–Crippen LogP) is 4.12. The van der Waals surface area contributed by atoms with Gasteiger partial charge in [0, 0.05) is 42.7 Å². The summed E-state index contributed by atoms with van der Waals surface area (Å²) < 4.78 is 7.61. The average molecular weight is 489 g/mol. The molecule has 2 aromatic heterocycles. The molecular weight excluding hydrogens is 460 g/mol. The summed E-state index contributed by atoms with van der Waals surface area (Å²) in [5.74, 6) is 0.578. The molecule has 2 aromatic carbocycles. The summed E-state index contributed by atoms with van der Waals surface area (Å²) in [6, 6.07) is 18.7. The van der Waals surface area contributed by atoms with Gasteiger partial charge in [-0.3, -0.25) is 19.6 Å². The zero-order valence-corrected chi connectivity index (χ0v) is 19.9. The van der Waals surface area contributed by atoms with Gasteiger partial charge in [-0.15, -0.1) is 0 Å². The van der Waals surface area contributed by atoms with E-state index in [1.165, 1.54) is 4.57 Å². The number of amides is 2. The van der Waals surface area contributed by atoms with E-state index in [1.54, 1.807) is 24.8 Å². The lowest BCUT2D eigenvalue weighted by molar-refractivity contribution is -0.129. The van der Waals surface area contributed by atoms with Crippen LogP contribution in [0.25, 0.3) is 22.0 Å². The Balaban J connectivity index is 1.57. The molecule has 0 atom stereocenters. The summed E-state index contributed by atoms with van der Waals surface area (Å²) in [7, 11) is 1.67. The molecule has 0 unspecified atom stereocenters. The molecule has 0 aliphatic rings. The van der Waals surface area contributed by atoms with Crippen molar-refractivity contribution >= 4 is 22.7 Å². The minimum absolute atomic E-state index is 0.230. The number of hydrogen-bond acceptors (Lipinski definition) is 5. The van der Waals surface area contributed by atoms with Gasteiger partial charge >= 0.3 is 0 Å². The Bertz CT molecular complexity index is 1430. The van der Waals surface area contributed by atoms with Crippen LogP contribution >= 0.6 is 0 Å². The monoisotopic (exact) mass is 488 g/mol. The van der Waals surface area contributed by atoms with Crippen LogP contribution in [0, 0.1) is 0 Å². The summed E-state index contributed by atoms with van der Waals surface area (Å²) in [5, 5.41) is 12.0. The number of ether oxygens (including phenoxy) is 1. The van der Waals surface area contributed by atoms with Crippen molar-refractivity contribution in [3.05, 3.63) is 82.9 Å². The maximum Gasteiger partial charge on any atom is 0.274 e. The number of nitrogens with zero attached hydrogens (tertiary/aromatic N) is 1. The summed E-state index contributed by atoms with van der Waals surface area (Å²) in [4.78, 5) is 39.7. The number of rotatable bonds is 10. The second-order valence-corrected chi connectivity index (χ2v) is 8.44.